The molecule has 136 valence electrons. The summed E-state index contributed by atoms with van der Waals surface area (Å²) in [6, 6.07) is 8.15. The molecule has 0 fully saturated rings. The van der Waals surface area contributed by atoms with Crippen LogP contribution in [0, 0.1) is 24.0 Å². The maximum absolute atomic E-state index is 12.2. The highest BCUT2D eigenvalue weighted by atomic mass is 16.6. The molecular weight excluding hydrogens is 340 g/mol. The van der Waals surface area contributed by atoms with Crippen molar-refractivity contribution in [1.29, 1.82) is 0 Å². The van der Waals surface area contributed by atoms with Crippen LogP contribution in [0.15, 0.2) is 40.8 Å². The first-order valence-electron chi connectivity index (χ1n) is 7.77. The number of nitro groups is 1. The number of hydrogen-bond acceptors (Lipinski definition) is 6. The molecule has 0 spiro atoms. The topological polar surface area (TPSA) is 112 Å². The zero-order valence-electron chi connectivity index (χ0n) is 14.5. The maximum atomic E-state index is 12.2. The summed E-state index contributed by atoms with van der Waals surface area (Å²) in [6.07, 6.45) is 1.24. The van der Waals surface area contributed by atoms with Crippen LogP contribution in [0.2, 0.25) is 0 Å². The number of ether oxygens (including phenoxy) is 1. The van der Waals surface area contributed by atoms with E-state index in [4.69, 9.17) is 9.15 Å². The number of anilines is 1. The lowest BCUT2D eigenvalue weighted by atomic mass is 10.1. The third kappa shape index (κ3) is 5.04. The van der Waals surface area contributed by atoms with Crippen molar-refractivity contribution in [1.82, 2.24) is 0 Å². The number of hydrogen-bond donors (Lipinski definition) is 1. The van der Waals surface area contributed by atoms with Crippen LogP contribution in [0.1, 0.15) is 23.8 Å². The van der Waals surface area contributed by atoms with Crippen molar-refractivity contribution >= 4 is 29.5 Å². The molecule has 1 amide bonds. The minimum Gasteiger partial charge on any atom is -0.449 e. The van der Waals surface area contributed by atoms with Crippen LogP contribution in [-0.4, -0.2) is 22.9 Å². The van der Waals surface area contributed by atoms with Crippen molar-refractivity contribution in [3.8, 4) is 0 Å². The van der Waals surface area contributed by atoms with Gasteiger partial charge in [-0.15, -0.1) is 0 Å². The predicted octanol–water partition coefficient (Wildman–Crippen LogP) is 3.39. The molecule has 2 aromatic rings. The molecule has 1 N–H and O–H groups in total. The predicted molar refractivity (Wildman–Crippen MR) is 94.5 cm³/mol. The van der Waals surface area contributed by atoms with Crippen molar-refractivity contribution in [3.63, 3.8) is 0 Å². The molecule has 1 atom stereocenters. The number of amides is 1. The first-order chi connectivity index (χ1) is 12.3. The second-order valence-electron chi connectivity index (χ2n) is 5.65. The van der Waals surface area contributed by atoms with E-state index in [0.717, 1.165) is 17.2 Å². The number of aryl methyl sites for hydroxylation is 2. The minimum atomic E-state index is -1.02. The third-order valence-electron chi connectivity index (χ3n) is 3.49. The first-order valence-corrected chi connectivity index (χ1v) is 7.77. The van der Waals surface area contributed by atoms with E-state index in [2.05, 4.69) is 5.32 Å². The molecule has 1 aromatic carbocycles. The normalized spacial score (nSPS) is 12.0. The number of nitrogens with zero attached hydrogens (tertiary/aromatic N) is 1. The van der Waals surface area contributed by atoms with Crippen LogP contribution in [0.25, 0.3) is 6.08 Å². The summed E-state index contributed by atoms with van der Waals surface area (Å²) in [6.45, 7) is 5.21. The molecule has 0 bridgehead atoms. The Balaban J connectivity index is 1.93. The zero-order chi connectivity index (χ0) is 19.3. The van der Waals surface area contributed by atoms with Gasteiger partial charge in [-0.25, -0.2) is 4.79 Å². The van der Waals surface area contributed by atoms with Gasteiger partial charge in [0.05, 0.1) is 6.07 Å². The number of rotatable bonds is 6. The van der Waals surface area contributed by atoms with E-state index >= 15 is 0 Å². The van der Waals surface area contributed by atoms with Crippen molar-refractivity contribution in [2.75, 3.05) is 5.32 Å². The molecule has 0 aliphatic carbocycles. The molecule has 0 radical (unpaired) electrons. The molecule has 2 rings (SSSR count). The zero-order valence-corrected chi connectivity index (χ0v) is 14.5. The Kier molecular flexibility index (Phi) is 5.90. The van der Waals surface area contributed by atoms with Gasteiger partial charge in [-0.3, -0.25) is 14.9 Å². The van der Waals surface area contributed by atoms with Crippen molar-refractivity contribution in [2.45, 2.75) is 26.9 Å². The summed E-state index contributed by atoms with van der Waals surface area (Å²) < 4.78 is 9.90. The number of benzene rings is 1. The molecule has 0 aliphatic heterocycles. The maximum Gasteiger partial charge on any atom is 0.433 e. The van der Waals surface area contributed by atoms with E-state index in [1.165, 1.54) is 25.1 Å². The van der Waals surface area contributed by atoms with Gasteiger partial charge in [-0.05, 0) is 50.1 Å². The Morgan fingerprint density at radius 1 is 1.27 bits per heavy atom. The van der Waals surface area contributed by atoms with Gasteiger partial charge in [-0.1, -0.05) is 12.1 Å². The molecule has 0 unspecified atom stereocenters. The molecular formula is C18H18N2O6. The van der Waals surface area contributed by atoms with Crippen molar-refractivity contribution in [2.24, 2.45) is 0 Å². The fraction of sp³-hybridized carbons (Fsp3) is 0.222. The number of nitrogens with one attached hydrogen (secondary N) is 1. The fourth-order valence-corrected chi connectivity index (χ4v) is 2.05. The highest BCUT2D eigenvalue weighted by molar-refractivity contribution is 5.97. The number of carbonyl (C=O) groups excluding carboxylic acids is 2. The molecule has 8 nitrogen and oxygen atoms in total. The molecule has 0 saturated carbocycles. The standard InChI is InChI=1S/C18H18N2O6/c1-11-4-5-12(2)15(10-11)19-18(22)13(3)25-17(21)9-7-14-6-8-16(26-14)20(23)24/h4-10,13H,1-3H3,(H,19,22)/b9-7+/t13-/m1/s1. The third-order valence-corrected chi connectivity index (χ3v) is 3.49. The lowest BCUT2D eigenvalue weighted by Gasteiger charge is -2.14. The van der Waals surface area contributed by atoms with Gasteiger partial charge >= 0.3 is 11.9 Å². The number of furan rings is 1. The highest BCUT2D eigenvalue weighted by Crippen LogP contribution is 2.18. The second kappa shape index (κ2) is 8.11. The van der Waals surface area contributed by atoms with Crippen LogP contribution in [0.5, 0.6) is 0 Å². The monoisotopic (exact) mass is 358 g/mol. The summed E-state index contributed by atoms with van der Waals surface area (Å²) in [5, 5.41) is 13.2. The quantitative estimate of drug-likeness (QED) is 0.367. The average molecular weight is 358 g/mol. The van der Waals surface area contributed by atoms with Gasteiger partial charge < -0.3 is 14.5 Å². The van der Waals surface area contributed by atoms with Crippen LogP contribution in [0.4, 0.5) is 11.6 Å². The van der Waals surface area contributed by atoms with E-state index in [1.54, 1.807) is 0 Å². The SMILES string of the molecule is Cc1ccc(C)c(NC(=O)[C@@H](C)OC(=O)/C=C/c2ccc([N+](=O)[O-])o2)c1. The Morgan fingerprint density at radius 2 is 2.00 bits per heavy atom. The van der Waals surface area contributed by atoms with Crippen LogP contribution >= 0.6 is 0 Å². The smallest absolute Gasteiger partial charge is 0.433 e. The summed E-state index contributed by atoms with van der Waals surface area (Å²) in [7, 11) is 0. The van der Waals surface area contributed by atoms with Crippen LogP contribution < -0.4 is 5.32 Å². The van der Waals surface area contributed by atoms with Gasteiger partial charge in [0.25, 0.3) is 5.91 Å². The van der Waals surface area contributed by atoms with Gasteiger partial charge in [0.1, 0.15) is 10.7 Å². The van der Waals surface area contributed by atoms with Crippen LogP contribution in [-0.2, 0) is 14.3 Å². The summed E-state index contributed by atoms with van der Waals surface area (Å²) in [5.74, 6) is -1.54. The Labute approximate surface area is 149 Å². The molecule has 26 heavy (non-hydrogen) atoms. The molecule has 8 heteroatoms. The van der Waals surface area contributed by atoms with Gasteiger partial charge in [0.15, 0.2) is 6.10 Å². The van der Waals surface area contributed by atoms with Gasteiger partial charge in [0.2, 0.25) is 0 Å². The number of esters is 1. The van der Waals surface area contributed by atoms with Crippen molar-refractivity contribution in [3.05, 3.63) is 63.4 Å². The lowest BCUT2D eigenvalue weighted by Crippen LogP contribution is -2.29. The summed E-state index contributed by atoms with van der Waals surface area (Å²) >= 11 is 0. The molecule has 1 aromatic heterocycles. The van der Waals surface area contributed by atoms with Crippen molar-refractivity contribution < 1.29 is 23.7 Å². The Bertz CT molecular complexity index is 868. The number of carbonyl (C=O) groups is 2. The molecule has 0 aliphatic rings. The Morgan fingerprint density at radius 3 is 2.65 bits per heavy atom. The van der Waals surface area contributed by atoms with E-state index in [1.807, 2.05) is 32.0 Å². The van der Waals surface area contributed by atoms with Gasteiger partial charge in [-0.2, -0.15) is 0 Å². The lowest BCUT2D eigenvalue weighted by molar-refractivity contribution is -0.402. The summed E-state index contributed by atoms with van der Waals surface area (Å²) in [4.78, 5) is 33.8. The Hall–Kier alpha value is -3.42. The van der Waals surface area contributed by atoms with E-state index < -0.39 is 28.8 Å². The molecule has 1 heterocycles. The largest absolute Gasteiger partial charge is 0.449 e. The van der Waals surface area contributed by atoms with Crippen LogP contribution in [0.3, 0.4) is 0 Å². The van der Waals surface area contributed by atoms with E-state index in [-0.39, 0.29) is 5.76 Å². The average Bonchev–Trinajstić information content (AvgIpc) is 3.05. The van der Waals surface area contributed by atoms with E-state index in [9.17, 15) is 19.7 Å². The van der Waals surface area contributed by atoms with E-state index in [0.29, 0.717) is 5.69 Å². The fourth-order valence-electron chi connectivity index (χ4n) is 2.05. The second-order valence-corrected chi connectivity index (χ2v) is 5.65. The highest BCUT2D eigenvalue weighted by Gasteiger charge is 2.17. The summed E-state index contributed by atoms with van der Waals surface area (Å²) in [5.41, 5.74) is 2.53. The van der Waals surface area contributed by atoms with Gasteiger partial charge in [0, 0.05) is 11.8 Å². The minimum absolute atomic E-state index is 0.126. The first kappa shape index (κ1) is 18.9. The molecule has 0 saturated heterocycles.